The molecule has 0 aliphatic rings. The van der Waals surface area contributed by atoms with E-state index in [-0.39, 0.29) is 11.2 Å². The van der Waals surface area contributed by atoms with Crippen molar-refractivity contribution in [3.8, 4) is 0 Å². The molecule has 3 nitrogen and oxygen atoms in total. The molecule has 2 N–H and O–H groups in total. The molecular formula is C14H17FN2OS. The molecule has 102 valence electrons. The SMILES string of the molecule is CSCCCNCc1cc(=O)c2cc(F)ccc2[nH]1. The molecule has 1 aromatic heterocycles. The Balaban J connectivity index is 2.08. The minimum absolute atomic E-state index is 0.144. The monoisotopic (exact) mass is 280 g/mol. The molecule has 0 saturated heterocycles. The normalized spacial score (nSPS) is 11.1. The van der Waals surface area contributed by atoms with Crippen LogP contribution in [0.1, 0.15) is 12.1 Å². The summed E-state index contributed by atoms with van der Waals surface area (Å²) in [6.45, 7) is 1.54. The first-order valence-electron chi connectivity index (χ1n) is 6.22. The predicted octanol–water partition coefficient (Wildman–Crippen LogP) is 2.51. The maximum Gasteiger partial charge on any atom is 0.189 e. The number of pyridine rings is 1. The van der Waals surface area contributed by atoms with Gasteiger partial charge in [0.1, 0.15) is 5.82 Å². The first-order chi connectivity index (χ1) is 9.20. The highest BCUT2D eigenvalue weighted by Crippen LogP contribution is 2.10. The molecule has 19 heavy (non-hydrogen) atoms. The van der Waals surface area contributed by atoms with Crippen LogP contribution >= 0.6 is 11.8 Å². The summed E-state index contributed by atoms with van der Waals surface area (Å²) in [4.78, 5) is 15.0. The summed E-state index contributed by atoms with van der Waals surface area (Å²) >= 11 is 1.82. The van der Waals surface area contributed by atoms with Crippen molar-refractivity contribution >= 4 is 22.7 Å². The molecule has 1 heterocycles. The van der Waals surface area contributed by atoms with Gasteiger partial charge in [-0.05, 0) is 43.2 Å². The molecule has 0 radical (unpaired) electrons. The van der Waals surface area contributed by atoms with Crippen LogP contribution in [0.15, 0.2) is 29.1 Å². The van der Waals surface area contributed by atoms with Crippen LogP contribution in [0.5, 0.6) is 0 Å². The lowest BCUT2D eigenvalue weighted by atomic mass is 10.2. The number of rotatable bonds is 6. The molecule has 5 heteroatoms. The topological polar surface area (TPSA) is 44.9 Å². The van der Waals surface area contributed by atoms with Crippen LogP contribution in [0.3, 0.4) is 0 Å². The van der Waals surface area contributed by atoms with E-state index >= 15 is 0 Å². The van der Waals surface area contributed by atoms with Gasteiger partial charge in [-0.25, -0.2) is 4.39 Å². The number of thioether (sulfide) groups is 1. The van der Waals surface area contributed by atoms with E-state index in [4.69, 9.17) is 0 Å². The van der Waals surface area contributed by atoms with Crippen molar-refractivity contribution in [1.29, 1.82) is 0 Å². The zero-order valence-corrected chi connectivity index (χ0v) is 11.6. The summed E-state index contributed by atoms with van der Waals surface area (Å²) in [6, 6.07) is 5.75. The van der Waals surface area contributed by atoms with E-state index in [1.54, 1.807) is 6.07 Å². The molecule has 0 amide bonds. The van der Waals surface area contributed by atoms with Crippen LogP contribution in [-0.4, -0.2) is 23.5 Å². The first-order valence-corrected chi connectivity index (χ1v) is 7.61. The van der Waals surface area contributed by atoms with Gasteiger partial charge >= 0.3 is 0 Å². The van der Waals surface area contributed by atoms with E-state index in [0.717, 1.165) is 24.4 Å². The van der Waals surface area contributed by atoms with Gasteiger partial charge < -0.3 is 10.3 Å². The summed E-state index contributed by atoms with van der Waals surface area (Å²) < 4.78 is 13.1. The fourth-order valence-electron chi connectivity index (χ4n) is 1.93. The zero-order valence-electron chi connectivity index (χ0n) is 10.8. The summed E-state index contributed by atoms with van der Waals surface area (Å²) in [6.07, 6.45) is 3.18. The Bertz CT molecular complexity index is 612. The van der Waals surface area contributed by atoms with Gasteiger partial charge in [0.15, 0.2) is 5.43 Å². The Kier molecular flexibility index (Phi) is 4.99. The third-order valence-corrected chi connectivity index (χ3v) is 3.56. The maximum atomic E-state index is 13.1. The van der Waals surface area contributed by atoms with Crippen molar-refractivity contribution in [2.75, 3.05) is 18.6 Å². The van der Waals surface area contributed by atoms with E-state index in [1.807, 2.05) is 11.8 Å². The van der Waals surface area contributed by atoms with Crippen molar-refractivity contribution in [3.05, 3.63) is 46.0 Å². The number of benzene rings is 1. The molecule has 0 fully saturated rings. The van der Waals surface area contributed by atoms with Crippen molar-refractivity contribution in [2.24, 2.45) is 0 Å². The van der Waals surface area contributed by atoms with Crippen LogP contribution in [0.25, 0.3) is 10.9 Å². The van der Waals surface area contributed by atoms with Gasteiger partial charge in [-0.2, -0.15) is 11.8 Å². The fourth-order valence-corrected chi connectivity index (χ4v) is 2.37. The molecule has 0 atom stereocenters. The van der Waals surface area contributed by atoms with Gasteiger partial charge in [0.2, 0.25) is 0 Å². The number of nitrogens with one attached hydrogen (secondary N) is 2. The fraction of sp³-hybridized carbons (Fsp3) is 0.357. The lowest BCUT2D eigenvalue weighted by molar-refractivity contribution is 0.629. The molecular weight excluding hydrogens is 263 g/mol. The number of aromatic amines is 1. The van der Waals surface area contributed by atoms with Crippen LogP contribution in [-0.2, 0) is 6.54 Å². The van der Waals surface area contributed by atoms with Gasteiger partial charge in [-0.3, -0.25) is 4.79 Å². The number of fused-ring (bicyclic) bond motifs is 1. The number of aromatic nitrogens is 1. The van der Waals surface area contributed by atoms with Gasteiger partial charge in [0, 0.05) is 29.2 Å². The van der Waals surface area contributed by atoms with Crippen molar-refractivity contribution in [3.63, 3.8) is 0 Å². The number of hydrogen-bond acceptors (Lipinski definition) is 3. The summed E-state index contributed by atoms with van der Waals surface area (Å²) in [5.74, 6) is 0.737. The van der Waals surface area contributed by atoms with E-state index in [2.05, 4.69) is 16.6 Å². The quantitative estimate of drug-likeness (QED) is 0.799. The summed E-state index contributed by atoms with van der Waals surface area (Å²) in [5, 5.41) is 3.68. The number of hydrogen-bond donors (Lipinski definition) is 2. The molecule has 0 unspecified atom stereocenters. The van der Waals surface area contributed by atoms with E-state index in [9.17, 15) is 9.18 Å². The maximum absolute atomic E-state index is 13.1. The largest absolute Gasteiger partial charge is 0.357 e. The van der Waals surface area contributed by atoms with Crippen LogP contribution in [0.4, 0.5) is 4.39 Å². The second kappa shape index (κ2) is 6.73. The Morgan fingerprint density at radius 3 is 3.00 bits per heavy atom. The van der Waals surface area contributed by atoms with E-state index < -0.39 is 0 Å². The highest BCUT2D eigenvalue weighted by Gasteiger charge is 2.03. The van der Waals surface area contributed by atoms with E-state index in [0.29, 0.717) is 17.4 Å². The molecule has 0 spiro atoms. The zero-order chi connectivity index (χ0) is 13.7. The molecule has 0 bridgehead atoms. The lowest BCUT2D eigenvalue weighted by Gasteiger charge is -2.06. The van der Waals surface area contributed by atoms with Crippen molar-refractivity contribution in [2.45, 2.75) is 13.0 Å². The molecule has 2 rings (SSSR count). The first kappa shape index (κ1) is 14.1. The smallest absolute Gasteiger partial charge is 0.189 e. The summed E-state index contributed by atoms with van der Waals surface area (Å²) in [5.41, 5.74) is 1.36. The van der Waals surface area contributed by atoms with Crippen molar-refractivity contribution in [1.82, 2.24) is 10.3 Å². The standard InChI is InChI=1S/C14H17FN2OS/c1-19-6-2-5-16-9-11-8-14(18)12-7-10(15)3-4-13(12)17-11/h3-4,7-8,16H,2,5-6,9H2,1H3,(H,17,18). The van der Waals surface area contributed by atoms with Crippen LogP contribution < -0.4 is 10.7 Å². The Morgan fingerprint density at radius 2 is 2.21 bits per heavy atom. The minimum Gasteiger partial charge on any atom is -0.357 e. The average molecular weight is 280 g/mol. The van der Waals surface area contributed by atoms with Gasteiger partial charge in [0.25, 0.3) is 0 Å². The van der Waals surface area contributed by atoms with Crippen LogP contribution in [0, 0.1) is 5.82 Å². The predicted molar refractivity (Wildman–Crippen MR) is 79.2 cm³/mol. The number of halogens is 1. The molecule has 0 aliphatic carbocycles. The minimum atomic E-state index is -0.388. The highest BCUT2D eigenvalue weighted by molar-refractivity contribution is 7.98. The molecule has 1 aromatic carbocycles. The second-order valence-corrected chi connectivity index (χ2v) is 5.36. The summed E-state index contributed by atoms with van der Waals surface area (Å²) in [7, 11) is 0. The van der Waals surface area contributed by atoms with Gasteiger partial charge in [-0.1, -0.05) is 0 Å². The third kappa shape index (κ3) is 3.81. The number of H-pyrrole nitrogens is 1. The average Bonchev–Trinajstić information content (AvgIpc) is 2.39. The Morgan fingerprint density at radius 1 is 1.37 bits per heavy atom. The third-order valence-electron chi connectivity index (χ3n) is 2.87. The van der Waals surface area contributed by atoms with Crippen LogP contribution in [0.2, 0.25) is 0 Å². The Labute approximate surface area is 115 Å². The van der Waals surface area contributed by atoms with E-state index in [1.165, 1.54) is 18.2 Å². The molecule has 0 aliphatic heterocycles. The highest BCUT2D eigenvalue weighted by atomic mass is 32.2. The Hall–Kier alpha value is -1.33. The lowest BCUT2D eigenvalue weighted by Crippen LogP contribution is -2.18. The molecule has 2 aromatic rings. The molecule has 0 saturated carbocycles. The van der Waals surface area contributed by atoms with Crippen molar-refractivity contribution < 1.29 is 4.39 Å². The van der Waals surface area contributed by atoms with Gasteiger partial charge in [-0.15, -0.1) is 0 Å². The van der Waals surface area contributed by atoms with Gasteiger partial charge in [0.05, 0.1) is 0 Å². The second-order valence-electron chi connectivity index (χ2n) is 4.37.